The van der Waals surface area contributed by atoms with Gasteiger partial charge in [0.15, 0.2) is 0 Å². The quantitative estimate of drug-likeness (QED) is 0.533. The zero-order valence-corrected chi connectivity index (χ0v) is 8.24. The largest absolute Gasteiger partial charge is 0.466 e. The molecule has 0 bridgehead atoms. The highest BCUT2D eigenvalue weighted by atomic mass is 16.3. The van der Waals surface area contributed by atoms with Crippen molar-refractivity contribution in [3.63, 3.8) is 0 Å². The molecule has 1 heterocycles. The van der Waals surface area contributed by atoms with Crippen LogP contribution in [0, 0.1) is 0 Å². The van der Waals surface area contributed by atoms with Crippen molar-refractivity contribution in [3.05, 3.63) is 23.7 Å². The van der Waals surface area contributed by atoms with Gasteiger partial charge < -0.3 is 14.3 Å². The first-order valence-electron chi connectivity index (χ1n) is 4.99. The summed E-state index contributed by atoms with van der Waals surface area (Å²) in [6.45, 7) is 0.258. The Kier molecular flexibility index (Phi) is 5.00. The topological polar surface area (TPSA) is 50.4 Å². The molecule has 0 aliphatic heterocycles. The molecule has 1 aromatic heterocycles. The maximum Gasteiger partial charge on any atom is 0.127 e. The molecule has 0 aliphatic carbocycles. The van der Waals surface area contributed by atoms with Crippen LogP contribution in [0.4, 0.5) is 0 Å². The summed E-state index contributed by atoms with van der Waals surface area (Å²) in [4.78, 5) is 10.2. The summed E-state index contributed by atoms with van der Waals surface area (Å²) in [6.07, 6.45) is 4.97. The summed E-state index contributed by atoms with van der Waals surface area (Å²) in [5.41, 5.74) is 0. The molecule has 0 atom stereocenters. The lowest BCUT2D eigenvalue weighted by Crippen LogP contribution is -1.86. The molecule has 1 aromatic rings. The van der Waals surface area contributed by atoms with Crippen LogP contribution in [-0.4, -0.2) is 18.0 Å². The number of aliphatic hydroxyl groups is 1. The minimum Gasteiger partial charge on any atom is -0.466 e. The Morgan fingerprint density at radius 1 is 1.21 bits per heavy atom. The average Bonchev–Trinajstić information content (AvgIpc) is 2.61. The van der Waals surface area contributed by atoms with Crippen LogP contribution < -0.4 is 0 Å². The van der Waals surface area contributed by atoms with Crippen molar-refractivity contribution in [1.29, 1.82) is 0 Å². The number of furan rings is 1. The highest BCUT2D eigenvalue weighted by molar-refractivity contribution is 5.53. The van der Waals surface area contributed by atoms with E-state index in [0.29, 0.717) is 6.42 Å². The summed E-state index contributed by atoms with van der Waals surface area (Å²) >= 11 is 0. The van der Waals surface area contributed by atoms with Gasteiger partial charge in [-0.15, -0.1) is 0 Å². The van der Waals surface area contributed by atoms with Gasteiger partial charge >= 0.3 is 0 Å². The van der Waals surface area contributed by atoms with E-state index >= 15 is 0 Å². The number of aldehydes is 1. The molecule has 0 fully saturated rings. The summed E-state index contributed by atoms with van der Waals surface area (Å²) in [6, 6.07) is 3.76. The Morgan fingerprint density at radius 3 is 2.71 bits per heavy atom. The molecule has 0 amide bonds. The maximum atomic E-state index is 10.2. The molecule has 14 heavy (non-hydrogen) atoms. The van der Waals surface area contributed by atoms with Crippen LogP contribution in [0.2, 0.25) is 0 Å². The Labute approximate surface area is 83.7 Å². The summed E-state index contributed by atoms with van der Waals surface area (Å²) in [7, 11) is 0. The second kappa shape index (κ2) is 6.38. The molecular formula is C11H16O3. The van der Waals surface area contributed by atoms with E-state index in [1.54, 1.807) is 0 Å². The number of carbonyl (C=O) groups excluding carboxylic acids is 1. The minimum atomic E-state index is 0.258. The van der Waals surface area contributed by atoms with Crippen LogP contribution >= 0.6 is 0 Å². The Hall–Kier alpha value is -1.09. The van der Waals surface area contributed by atoms with Gasteiger partial charge in [-0.25, -0.2) is 0 Å². The molecule has 3 heteroatoms. The van der Waals surface area contributed by atoms with E-state index < -0.39 is 0 Å². The Bertz CT molecular complexity index is 265. The minimum absolute atomic E-state index is 0.258. The first-order valence-corrected chi connectivity index (χ1v) is 4.99. The van der Waals surface area contributed by atoms with Crippen molar-refractivity contribution < 1.29 is 14.3 Å². The molecule has 1 rings (SSSR count). The SMILES string of the molecule is O=CCc1ccc(CCCCCO)o1. The standard InChI is InChI=1S/C11H16O3/c12-8-3-1-2-4-10-5-6-11(14-10)7-9-13/h5-6,9,12H,1-4,7-8H2. The van der Waals surface area contributed by atoms with Crippen molar-refractivity contribution in [3.8, 4) is 0 Å². The Balaban J connectivity index is 2.25. The fraction of sp³-hybridized carbons (Fsp3) is 0.545. The molecule has 0 unspecified atom stereocenters. The van der Waals surface area contributed by atoms with Gasteiger partial charge in [0.2, 0.25) is 0 Å². The van der Waals surface area contributed by atoms with E-state index in [0.717, 1.165) is 43.5 Å². The van der Waals surface area contributed by atoms with Gasteiger partial charge in [0, 0.05) is 13.0 Å². The van der Waals surface area contributed by atoms with Crippen molar-refractivity contribution in [2.45, 2.75) is 32.1 Å². The van der Waals surface area contributed by atoms with Gasteiger partial charge in [0.25, 0.3) is 0 Å². The predicted molar refractivity (Wildman–Crippen MR) is 53.1 cm³/mol. The zero-order valence-electron chi connectivity index (χ0n) is 8.24. The molecule has 0 radical (unpaired) electrons. The average molecular weight is 196 g/mol. The molecule has 1 N–H and O–H groups in total. The maximum absolute atomic E-state index is 10.2. The van der Waals surface area contributed by atoms with Gasteiger partial charge in [-0.05, 0) is 25.0 Å². The predicted octanol–water partition coefficient (Wildman–Crippen LogP) is 1.73. The fourth-order valence-corrected chi connectivity index (χ4v) is 1.34. The van der Waals surface area contributed by atoms with E-state index in [4.69, 9.17) is 9.52 Å². The fourth-order valence-electron chi connectivity index (χ4n) is 1.34. The van der Waals surface area contributed by atoms with Gasteiger partial charge in [-0.2, -0.15) is 0 Å². The van der Waals surface area contributed by atoms with Crippen molar-refractivity contribution in [2.24, 2.45) is 0 Å². The van der Waals surface area contributed by atoms with Crippen molar-refractivity contribution in [2.75, 3.05) is 6.61 Å². The highest BCUT2D eigenvalue weighted by Gasteiger charge is 2.00. The summed E-state index contributed by atoms with van der Waals surface area (Å²) in [5, 5.41) is 8.58. The van der Waals surface area contributed by atoms with Crippen LogP contribution in [0.1, 0.15) is 30.8 Å². The van der Waals surface area contributed by atoms with E-state index in [9.17, 15) is 4.79 Å². The number of hydrogen-bond acceptors (Lipinski definition) is 3. The second-order valence-electron chi connectivity index (χ2n) is 3.27. The molecule has 0 aromatic carbocycles. The molecule has 0 spiro atoms. The molecular weight excluding hydrogens is 180 g/mol. The number of carbonyl (C=O) groups is 1. The smallest absolute Gasteiger partial charge is 0.127 e. The number of unbranched alkanes of at least 4 members (excludes halogenated alkanes) is 2. The Morgan fingerprint density at radius 2 is 2.00 bits per heavy atom. The van der Waals surface area contributed by atoms with E-state index in [1.807, 2.05) is 12.1 Å². The summed E-state index contributed by atoms with van der Waals surface area (Å²) in [5.74, 6) is 1.66. The normalized spacial score (nSPS) is 10.4. The monoisotopic (exact) mass is 196 g/mol. The lowest BCUT2D eigenvalue weighted by Gasteiger charge is -1.96. The lowest BCUT2D eigenvalue weighted by atomic mass is 10.2. The number of aryl methyl sites for hydroxylation is 1. The van der Waals surface area contributed by atoms with Crippen LogP contribution in [0.3, 0.4) is 0 Å². The molecule has 0 saturated heterocycles. The van der Waals surface area contributed by atoms with Crippen LogP contribution in [0.15, 0.2) is 16.5 Å². The first kappa shape index (κ1) is 11.0. The van der Waals surface area contributed by atoms with E-state index in [2.05, 4.69) is 0 Å². The number of aliphatic hydroxyl groups excluding tert-OH is 1. The molecule has 3 nitrogen and oxygen atoms in total. The second-order valence-corrected chi connectivity index (χ2v) is 3.27. The molecule has 0 aliphatic rings. The van der Waals surface area contributed by atoms with Gasteiger partial charge in [0.1, 0.15) is 17.8 Å². The van der Waals surface area contributed by atoms with Crippen LogP contribution in [0.25, 0.3) is 0 Å². The molecule has 78 valence electrons. The van der Waals surface area contributed by atoms with E-state index in [-0.39, 0.29) is 6.61 Å². The molecule has 0 saturated carbocycles. The van der Waals surface area contributed by atoms with Crippen LogP contribution in [-0.2, 0) is 17.6 Å². The van der Waals surface area contributed by atoms with Gasteiger partial charge in [0.05, 0.1) is 6.42 Å². The van der Waals surface area contributed by atoms with Crippen molar-refractivity contribution in [1.82, 2.24) is 0 Å². The van der Waals surface area contributed by atoms with E-state index in [1.165, 1.54) is 0 Å². The third kappa shape index (κ3) is 3.75. The summed E-state index contributed by atoms with van der Waals surface area (Å²) < 4.78 is 5.41. The van der Waals surface area contributed by atoms with Gasteiger partial charge in [-0.3, -0.25) is 0 Å². The third-order valence-electron chi connectivity index (χ3n) is 2.08. The van der Waals surface area contributed by atoms with Crippen LogP contribution in [0.5, 0.6) is 0 Å². The highest BCUT2D eigenvalue weighted by Crippen LogP contribution is 2.11. The number of hydrogen-bond donors (Lipinski definition) is 1. The van der Waals surface area contributed by atoms with Gasteiger partial charge in [-0.1, -0.05) is 6.42 Å². The third-order valence-corrected chi connectivity index (χ3v) is 2.08. The lowest BCUT2D eigenvalue weighted by molar-refractivity contribution is -0.107. The van der Waals surface area contributed by atoms with Crippen molar-refractivity contribution >= 4 is 6.29 Å². The number of rotatable bonds is 7. The first-order chi connectivity index (χ1) is 6.86. The zero-order chi connectivity index (χ0) is 10.2.